The van der Waals surface area contributed by atoms with E-state index in [9.17, 15) is 4.79 Å². The molecule has 1 fully saturated rings. The highest BCUT2D eigenvalue weighted by atomic mass is 32.1. The highest BCUT2D eigenvalue weighted by molar-refractivity contribution is 7.80. The topological polar surface area (TPSA) is 84.3 Å². The average Bonchev–Trinajstić information content (AvgIpc) is 3.39. The number of carbonyl (C=O) groups is 1. The first kappa shape index (κ1) is 24.5. The van der Waals surface area contributed by atoms with E-state index in [-0.39, 0.29) is 18.0 Å². The zero-order valence-corrected chi connectivity index (χ0v) is 21.9. The number of methoxy groups -OCH3 is 1. The molecule has 0 saturated carbocycles. The molecule has 1 aromatic carbocycles. The third-order valence-electron chi connectivity index (χ3n) is 6.54. The maximum atomic E-state index is 11.9. The first-order valence-corrected chi connectivity index (χ1v) is 12.4. The van der Waals surface area contributed by atoms with E-state index in [2.05, 4.69) is 50.0 Å². The number of aryl methyl sites for hydroxylation is 1. The van der Waals surface area contributed by atoms with Crippen molar-refractivity contribution in [1.29, 1.82) is 0 Å². The van der Waals surface area contributed by atoms with Crippen LogP contribution in [0.3, 0.4) is 0 Å². The average molecular weight is 513 g/mol. The summed E-state index contributed by atoms with van der Waals surface area (Å²) in [5, 5.41) is 6.94. The standard InChI is InChI=1S/C28H28N6O2S/c1-17-15-21(18(2)33(17)25-10-6-8-14-30-25)27-26(22-9-5-7-13-29-22)32-28(37)34(27)20-11-12-24(36-4)23(16-20)31-19(3)35/h5-16,26-27H,1-4H3,(H,31,35)(H,32,37). The van der Waals surface area contributed by atoms with Gasteiger partial charge in [0.05, 0.1) is 30.6 Å². The number of ether oxygens (including phenoxy) is 1. The monoisotopic (exact) mass is 512 g/mol. The predicted molar refractivity (Wildman–Crippen MR) is 148 cm³/mol. The largest absolute Gasteiger partial charge is 0.495 e. The summed E-state index contributed by atoms with van der Waals surface area (Å²) in [6, 6.07) is 19.2. The van der Waals surface area contributed by atoms with E-state index in [0.29, 0.717) is 16.5 Å². The van der Waals surface area contributed by atoms with Gasteiger partial charge in [0, 0.05) is 36.4 Å². The number of rotatable bonds is 6. The van der Waals surface area contributed by atoms with Gasteiger partial charge in [-0.2, -0.15) is 0 Å². The summed E-state index contributed by atoms with van der Waals surface area (Å²) < 4.78 is 7.63. The molecule has 0 spiro atoms. The molecule has 9 heteroatoms. The Labute approximate surface area is 221 Å². The van der Waals surface area contributed by atoms with Gasteiger partial charge in [-0.05, 0) is 80.2 Å². The molecule has 188 valence electrons. The van der Waals surface area contributed by atoms with Crippen molar-refractivity contribution in [2.75, 3.05) is 17.3 Å². The van der Waals surface area contributed by atoms with Crippen molar-refractivity contribution in [2.45, 2.75) is 32.9 Å². The van der Waals surface area contributed by atoms with E-state index in [1.54, 1.807) is 19.5 Å². The van der Waals surface area contributed by atoms with Gasteiger partial charge < -0.3 is 24.8 Å². The van der Waals surface area contributed by atoms with Crippen LogP contribution in [0, 0.1) is 13.8 Å². The van der Waals surface area contributed by atoms with Crippen LogP contribution in [0.25, 0.3) is 5.82 Å². The Morgan fingerprint density at radius 1 is 1.05 bits per heavy atom. The summed E-state index contributed by atoms with van der Waals surface area (Å²) >= 11 is 5.89. The van der Waals surface area contributed by atoms with Gasteiger partial charge in [-0.15, -0.1) is 0 Å². The molecule has 1 saturated heterocycles. The van der Waals surface area contributed by atoms with E-state index in [4.69, 9.17) is 17.0 Å². The van der Waals surface area contributed by atoms with Crippen molar-refractivity contribution < 1.29 is 9.53 Å². The zero-order valence-electron chi connectivity index (χ0n) is 21.1. The van der Waals surface area contributed by atoms with Gasteiger partial charge in [0.15, 0.2) is 5.11 Å². The highest BCUT2D eigenvalue weighted by Gasteiger charge is 2.42. The molecular weight excluding hydrogens is 484 g/mol. The lowest BCUT2D eigenvalue weighted by Crippen LogP contribution is -2.29. The second-order valence-corrected chi connectivity index (χ2v) is 9.30. The first-order valence-electron chi connectivity index (χ1n) is 12.0. The van der Waals surface area contributed by atoms with Crippen LogP contribution in [0.1, 0.15) is 41.7 Å². The molecular formula is C28H28N6O2S. The quantitative estimate of drug-likeness (QED) is 0.351. The van der Waals surface area contributed by atoms with Crippen molar-refractivity contribution in [3.63, 3.8) is 0 Å². The van der Waals surface area contributed by atoms with Gasteiger partial charge in [0.2, 0.25) is 5.91 Å². The lowest BCUT2D eigenvalue weighted by atomic mass is 9.96. The van der Waals surface area contributed by atoms with Crippen LogP contribution in [0.5, 0.6) is 5.75 Å². The molecule has 2 unspecified atom stereocenters. The van der Waals surface area contributed by atoms with Gasteiger partial charge in [0.25, 0.3) is 0 Å². The maximum absolute atomic E-state index is 11.9. The maximum Gasteiger partial charge on any atom is 0.221 e. The van der Waals surface area contributed by atoms with E-state index in [1.165, 1.54) is 6.92 Å². The summed E-state index contributed by atoms with van der Waals surface area (Å²) in [5.74, 6) is 1.25. The van der Waals surface area contributed by atoms with Crippen LogP contribution in [0.2, 0.25) is 0 Å². The molecule has 4 heterocycles. The fourth-order valence-corrected chi connectivity index (χ4v) is 5.35. The number of aromatic nitrogens is 3. The number of hydrogen-bond acceptors (Lipinski definition) is 5. The Balaban J connectivity index is 1.68. The number of amides is 1. The lowest BCUT2D eigenvalue weighted by Gasteiger charge is -2.29. The van der Waals surface area contributed by atoms with Crippen LogP contribution in [-0.2, 0) is 4.79 Å². The van der Waals surface area contributed by atoms with Gasteiger partial charge >= 0.3 is 0 Å². The number of nitrogens with zero attached hydrogens (tertiary/aromatic N) is 4. The number of nitrogens with one attached hydrogen (secondary N) is 2. The fraction of sp³-hybridized carbons (Fsp3) is 0.214. The minimum Gasteiger partial charge on any atom is -0.495 e. The first-order chi connectivity index (χ1) is 17.9. The summed E-state index contributed by atoms with van der Waals surface area (Å²) in [6.07, 6.45) is 3.59. The third kappa shape index (κ3) is 4.53. The normalized spacial score (nSPS) is 17.0. The summed E-state index contributed by atoms with van der Waals surface area (Å²) in [4.78, 5) is 23.2. The van der Waals surface area contributed by atoms with Gasteiger partial charge in [-0.3, -0.25) is 9.78 Å². The number of hydrogen-bond donors (Lipinski definition) is 2. The number of carbonyl (C=O) groups excluding carboxylic acids is 1. The van der Waals surface area contributed by atoms with E-state index < -0.39 is 0 Å². The molecule has 2 atom stereocenters. The minimum absolute atomic E-state index is 0.181. The number of benzene rings is 1. The Morgan fingerprint density at radius 2 is 1.81 bits per heavy atom. The number of pyridine rings is 2. The van der Waals surface area contributed by atoms with Crippen LogP contribution < -0.4 is 20.3 Å². The second-order valence-electron chi connectivity index (χ2n) is 8.91. The van der Waals surface area contributed by atoms with Crippen molar-refractivity contribution in [3.05, 3.63) is 95.7 Å². The molecule has 0 radical (unpaired) electrons. The molecule has 1 amide bonds. The lowest BCUT2D eigenvalue weighted by molar-refractivity contribution is -0.114. The fourth-order valence-electron chi connectivity index (χ4n) is 5.01. The molecule has 4 aromatic rings. The zero-order chi connectivity index (χ0) is 26.1. The Morgan fingerprint density at radius 3 is 2.46 bits per heavy atom. The molecule has 1 aliphatic heterocycles. The van der Waals surface area contributed by atoms with Crippen LogP contribution in [0.15, 0.2) is 73.1 Å². The minimum atomic E-state index is -0.204. The molecule has 1 aliphatic rings. The van der Waals surface area contributed by atoms with Crippen LogP contribution >= 0.6 is 12.2 Å². The van der Waals surface area contributed by atoms with Crippen molar-refractivity contribution in [1.82, 2.24) is 19.9 Å². The summed E-state index contributed by atoms with van der Waals surface area (Å²) in [7, 11) is 1.58. The van der Waals surface area contributed by atoms with E-state index in [0.717, 1.165) is 34.2 Å². The highest BCUT2D eigenvalue weighted by Crippen LogP contribution is 2.45. The predicted octanol–water partition coefficient (Wildman–Crippen LogP) is 5.03. The van der Waals surface area contributed by atoms with Crippen molar-refractivity contribution in [3.8, 4) is 11.6 Å². The number of thiocarbonyl (C=S) groups is 1. The van der Waals surface area contributed by atoms with Crippen molar-refractivity contribution in [2.24, 2.45) is 0 Å². The van der Waals surface area contributed by atoms with Gasteiger partial charge in [0.1, 0.15) is 11.6 Å². The Kier molecular flexibility index (Phi) is 6.62. The molecule has 8 nitrogen and oxygen atoms in total. The van der Waals surface area contributed by atoms with Gasteiger partial charge in [-0.25, -0.2) is 4.98 Å². The van der Waals surface area contributed by atoms with Crippen molar-refractivity contribution >= 4 is 34.6 Å². The van der Waals surface area contributed by atoms with Gasteiger partial charge in [-0.1, -0.05) is 12.1 Å². The molecule has 2 N–H and O–H groups in total. The molecule has 3 aromatic heterocycles. The smallest absolute Gasteiger partial charge is 0.221 e. The summed E-state index contributed by atoms with van der Waals surface area (Å²) in [6.45, 7) is 5.65. The molecule has 5 rings (SSSR count). The van der Waals surface area contributed by atoms with Crippen LogP contribution in [-0.4, -0.2) is 32.7 Å². The van der Waals surface area contributed by atoms with Crippen LogP contribution in [0.4, 0.5) is 11.4 Å². The van der Waals surface area contributed by atoms with E-state index in [1.807, 2.05) is 54.6 Å². The molecule has 0 bridgehead atoms. The summed E-state index contributed by atoms with van der Waals surface area (Å²) in [5.41, 5.74) is 5.52. The number of anilines is 2. The van der Waals surface area contributed by atoms with E-state index >= 15 is 0 Å². The Hall–Kier alpha value is -4.24. The Bertz CT molecular complexity index is 1450. The molecule has 0 aliphatic carbocycles. The molecule has 37 heavy (non-hydrogen) atoms. The second kappa shape index (κ2) is 10.0. The third-order valence-corrected chi connectivity index (χ3v) is 6.85. The SMILES string of the molecule is COc1ccc(N2C(=S)NC(c3ccccn3)C2c2cc(C)n(-c3ccccn3)c2C)cc1NC(C)=O.